The van der Waals surface area contributed by atoms with Crippen LogP contribution in [0.1, 0.15) is 39.5 Å². The number of hydrogen-bond acceptors (Lipinski definition) is 2. The Balaban J connectivity index is 2.12. The largest absolute Gasteiger partial charge is 0.392 e. The Morgan fingerprint density at radius 2 is 2.29 bits per heavy atom. The van der Waals surface area contributed by atoms with Gasteiger partial charge in [0.15, 0.2) is 0 Å². The summed E-state index contributed by atoms with van der Waals surface area (Å²) in [5.41, 5.74) is 0. The molecule has 0 aromatic carbocycles. The van der Waals surface area contributed by atoms with Crippen molar-refractivity contribution in [3.63, 3.8) is 0 Å². The van der Waals surface area contributed by atoms with Crippen molar-refractivity contribution in [3.8, 4) is 0 Å². The highest BCUT2D eigenvalue weighted by atomic mass is 16.3. The molecule has 0 radical (unpaired) electrons. The minimum atomic E-state index is -0.190. The van der Waals surface area contributed by atoms with Crippen molar-refractivity contribution in [2.75, 3.05) is 6.54 Å². The zero-order chi connectivity index (χ0) is 10.4. The summed E-state index contributed by atoms with van der Waals surface area (Å²) in [6.07, 6.45) is 8.86. The summed E-state index contributed by atoms with van der Waals surface area (Å²) in [6, 6.07) is 0.491. The highest BCUT2D eigenvalue weighted by Gasteiger charge is 2.11. The van der Waals surface area contributed by atoms with E-state index < -0.39 is 0 Å². The first-order chi connectivity index (χ1) is 6.68. The van der Waals surface area contributed by atoms with Gasteiger partial charge in [0.2, 0.25) is 0 Å². The molecule has 2 atom stereocenters. The molecule has 2 nitrogen and oxygen atoms in total. The van der Waals surface area contributed by atoms with Gasteiger partial charge in [0.05, 0.1) is 6.10 Å². The average Bonchev–Trinajstić information content (AvgIpc) is 2.15. The fourth-order valence-electron chi connectivity index (χ4n) is 1.90. The Hall–Kier alpha value is -0.340. The van der Waals surface area contributed by atoms with Crippen LogP contribution in [0, 0.1) is 5.92 Å². The van der Waals surface area contributed by atoms with Crippen LogP contribution in [-0.2, 0) is 0 Å². The minimum Gasteiger partial charge on any atom is -0.392 e. The zero-order valence-electron chi connectivity index (χ0n) is 9.37. The molecular formula is C12H23NO. The molecule has 1 aliphatic carbocycles. The second kappa shape index (κ2) is 6.20. The Labute approximate surface area is 87.4 Å². The molecule has 82 valence electrons. The van der Waals surface area contributed by atoms with Gasteiger partial charge >= 0.3 is 0 Å². The summed E-state index contributed by atoms with van der Waals surface area (Å²) in [5.74, 6) is 0.577. The third-order valence-electron chi connectivity index (χ3n) is 2.61. The topological polar surface area (TPSA) is 32.3 Å². The van der Waals surface area contributed by atoms with Gasteiger partial charge in [-0.05, 0) is 31.6 Å². The number of aliphatic hydroxyl groups is 1. The highest BCUT2D eigenvalue weighted by Crippen LogP contribution is 2.10. The molecule has 2 N–H and O–H groups in total. The van der Waals surface area contributed by atoms with Gasteiger partial charge < -0.3 is 10.4 Å². The lowest BCUT2D eigenvalue weighted by Gasteiger charge is -2.20. The molecule has 0 saturated heterocycles. The standard InChI is InChI=1S/C12H23NO/c1-10(2)8-12(14)9-13-11-6-4-3-5-7-11/h4,6,10-14H,3,5,7-9H2,1-2H3. The number of nitrogens with one attached hydrogen (secondary N) is 1. The molecular weight excluding hydrogens is 174 g/mol. The molecule has 14 heavy (non-hydrogen) atoms. The zero-order valence-corrected chi connectivity index (χ0v) is 9.37. The number of rotatable bonds is 5. The molecule has 0 heterocycles. The van der Waals surface area contributed by atoms with Crippen LogP contribution in [0.2, 0.25) is 0 Å². The highest BCUT2D eigenvalue weighted by molar-refractivity contribution is 4.97. The molecule has 0 aromatic rings. The van der Waals surface area contributed by atoms with Crippen molar-refractivity contribution in [2.24, 2.45) is 5.92 Å². The second-order valence-electron chi connectivity index (χ2n) is 4.66. The Bertz CT molecular complexity index is 177. The van der Waals surface area contributed by atoms with Crippen LogP contribution in [0.5, 0.6) is 0 Å². The maximum atomic E-state index is 9.66. The number of allylic oxidation sites excluding steroid dienone is 1. The monoisotopic (exact) mass is 197 g/mol. The third-order valence-corrected chi connectivity index (χ3v) is 2.61. The SMILES string of the molecule is CC(C)CC(O)CNC1C=CCCC1. The summed E-state index contributed by atoms with van der Waals surface area (Å²) >= 11 is 0. The van der Waals surface area contributed by atoms with Crippen LogP contribution < -0.4 is 5.32 Å². The van der Waals surface area contributed by atoms with Crippen molar-refractivity contribution in [2.45, 2.75) is 51.7 Å². The van der Waals surface area contributed by atoms with E-state index in [9.17, 15) is 5.11 Å². The molecule has 0 bridgehead atoms. The van der Waals surface area contributed by atoms with E-state index >= 15 is 0 Å². The molecule has 0 spiro atoms. The van der Waals surface area contributed by atoms with Gasteiger partial charge in [-0.2, -0.15) is 0 Å². The van der Waals surface area contributed by atoms with Gasteiger partial charge in [-0.3, -0.25) is 0 Å². The summed E-state index contributed by atoms with van der Waals surface area (Å²) in [5, 5.41) is 13.1. The fraction of sp³-hybridized carbons (Fsp3) is 0.833. The molecule has 2 heteroatoms. The quantitative estimate of drug-likeness (QED) is 0.661. The first-order valence-corrected chi connectivity index (χ1v) is 5.76. The second-order valence-corrected chi connectivity index (χ2v) is 4.66. The molecule has 1 aliphatic rings. The average molecular weight is 197 g/mol. The predicted octanol–water partition coefficient (Wildman–Crippen LogP) is 2.09. The molecule has 0 aromatic heterocycles. The van der Waals surface area contributed by atoms with Gasteiger partial charge in [0, 0.05) is 12.6 Å². The fourth-order valence-corrected chi connectivity index (χ4v) is 1.90. The first-order valence-electron chi connectivity index (χ1n) is 5.76. The van der Waals surface area contributed by atoms with E-state index in [1.54, 1.807) is 0 Å². The molecule has 0 fully saturated rings. The van der Waals surface area contributed by atoms with E-state index in [1.165, 1.54) is 19.3 Å². The first kappa shape index (κ1) is 11.7. The third kappa shape index (κ3) is 4.77. The molecule has 2 unspecified atom stereocenters. The summed E-state index contributed by atoms with van der Waals surface area (Å²) in [7, 11) is 0. The lowest BCUT2D eigenvalue weighted by atomic mass is 10.0. The van der Waals surface area contributed by atoms with Crippen molar-refractivity contribution < 1.29 is 5.11 Å². The van der Waals surface area contributed by atoms with Gasteiger partial charge in [0.25, 0.3) is 0 Å². The van der Waals surface area contributed by atoms with Crippen LogP contribution in [0.25, 0.3) is 0 Å². The van der Waals surface area contributed by atoms with Crippen molar-refractivity contribution in [3.05, 3.63) is 12.2 Å². The van der Waals surface area contributed by atoms with Crippen LogP contribution in [0.15, 0.2) is 12.2 Å². The summed E-state index contributed by atoms with van der Waals surface area (Å²) < 4.78 is 0. The van der Waals surface area contributed by atoms with E-state index in [1.807, 2.05) is 0 Å². The van der Waals surface area contributed by atoms with Crippen molar-refractivity contribution >= 4 is 0 Å². The number of hydrogen-bond donors (Lipinski definition) is 2. The molecule has 0 amide bonds. The normalized spacial score (nSPS) is 24.1. The minimum absolute atomic E-state index is 0.190. The lowest BCUT2D eigenvalue weighted by Crippen LogP contribution is -2.35. The predicted molar refractivity (Wildman–Crippen MR) is 60.2 cm³/mol. The van der Waals surface area contributed by atoms with Crippen LogP contribution in [-0.4, -0.2) is 23.8 Å². The van der Waals surface area contributed by atoms with Crippen molar-refractivity contribution in [1.82, 2.24) is 5.32 Å². The molecule has 1 rings (SSSR count). The Morgan fingerprint density at radius 3 is 2.86 bits per heavy atom. The van der Waals surface area contributed by atoms with Gasteiger partial charge in [-0.1, -0.05) is 26.0 Å². The van der Waals surface area contributed by atoms with E-state index in [2.05, 4.69) is 31.3 Å². The van der Waals surface area contributed by atoms with E-state index in [-0.39, 0.29) is 6.10 Å². The maximum absolute atomic E-state index is 9.66. The molecule has 0 aliphatic heterocycles. The Morgan fingerprint density at radius 1 is 1.50 bits per heavy atom. The van der Waals surface area contributed by atoms with Gasteiger partial charge in [-0.15, -0.1) is 0 Å². The van der Waals surface area contributed by atoms with Gasteiger partial charge in [0.1, 0.15) is 0 Å². The maximum Gasteiger partial charge on any atom is 0.0667 e. The Kier molecular flexibility index (Phi) is 5.20. The van der Waals surface area contributed by atoms with Crippen LogP contribution >= 0.6 is 0 Å². The van der Waals surface area contributed by atoms with Crippen molar-refractivity contribution in [1.29, 1.82) is 0 Å². The van der Waals surface area contributed by atoms with Crippen LogP contribution in [0.4, 0.5) is 0 Å². The lowest BCUT2D eigenvalue weighted by molar-refractivity contribution is 0.143. The number of aliphatic hydroxyl groups excluding tert-OH is 1. The summed E-state index contributed by atoms with van der Waals surface area (Å²) in [4.78, 5) is 0. The molecule has 0 saturated carbocycles. The van der Waals surface area contributed by atoms with E-state index in [4.69, 9.17) is 0 Å². The summed E-state index contributed by atoms with van der Waals surface area (Å²) in [6.45, 7) is 5.01. The smallest absolute Gasteiger partial charge is 0.0667 e. The van der Waals surface area contributed by atoms with Gasteiger partial charge in [-0.25, -0.2) is 0 Å². The van der Waals surface area contributed by atoms with Crippen LogP contribution in [0.3, 0.4) is 0 Å². The van der Waals surface area contributed by atoms with E-state index in [0.29, 0.717) is 12.0 Å². The van der Waals surface area contributed by atoms with E-state index in [0.717, 1.165) is 13.0 Å².